The van der Waals surface area contributed by atoms with Crippen LogP contribution < -0.4 is 26.1 Å². The number of fused-ring (bicyclic) bond motifs is 1. The molecule has 0 saturated carbocycles. The van der Waals surface area contributed by atoms with E-state index in [0.29, 0.717) is 13.2 Å². The van der Waals surface area contributed by atoms with Gasteiger partial charge in [-0.05, 0) is 35.4 Å². The first-order chi connectivity index (χ1) is 14.3. The summed E-state index contributed by atoms with van der Waals surface area (Å²) in [7, 11) is 0. The van der Waals surface area contributed by atoms with Crippen molar-refractivity contribution in [2.45, 2.75) is 33.2 Å². The lowest BCUT2D eigenvalue weighted by atomic mass is 10.1. The molecule has 2 heterocycles. The van der Waals surface area contributed by atoms with Crippen LogP contribution in [0.25, 0.3) is 5.65 Å². The quantitative estimate of drug-likeness (QED) is 0.393. The molecule has 0 spiro atoms. The monoisotopic (exact) mass is 490 g/mol. The fourth-order valence-electron chi connectivity index (χ4n) is 3.57. The molecule has 2 aromatic carbocycles. The molecular formula is C24H22BrF3N2O. The van der Waals surface area contributed by atoms with Gasteiger partial charge in [-0.1, -0.05) is 42.5 Å². The Hall–Kier alpha value is -2.80. The molecule has 0 aliphatic rings. The summed E-state index contributed by atoms with van der Waals surface area (Å²) in [6, 6.07) is 19.1. The van der Waals surface area contributed by atoms with Crippen molar-refractivity contribution in [2.75, 3.05) is 0 Å². The van der Waals surface area contributed by atoms with Gasteiger partial charge >= 0.3 is 11.8 Å². The van der Waals surface area contributed by atoms with E-state index in [-0.39, 0.29) is 17.0 Å². The zero-order valence-electron chi connectivity index (χ0n) is 17.2. The van der Waals surface area contributed by atoms with Crippen LogP contribution in [0.15, 0.2) is 72.9 Å². The molecule has 0 aliphatic heterocycles. The molecule has 0 saturated heterocycles. The maximum Gasteiger partial charge on any atom is 0.416 e. The van der Waals surface area contributed by atoms with Crippen LogP contribution in [0, 0.1) is 13.8 Å². The molecule has 162 valence electrons. The standard InChI is InChI=1S/C24H22F3N2O.BrH/c1-17-18(2)29(15-19-10-12-21(13-11-19)24(25,26)27)23-22(9-6-14-28(17)23)30-16-20-7-4-3-5-8-20;/h3-14H,15-16H2,1-2H3;1H/q+1;/p-1. The molecule has 0 aliphatic carbocycles. The highest BCUT2D eigenvalue weighted by Gasteiger charge is 2.30. The third-order valence-electron chi connectivity index (χ3n) is 5.34. The summed E-state index contributed by atoms with van der Waals surface area (Å²) in [6.45, 7) is 4.91. The number of imidazole rings is 1. The van der Waals surface area contributed by atoms with Crippen molar-refractivity contribution < 1.29 is 39.3 Å². The van der Waals surface area contributed by atoms with Gasteiger partial charge in [-0.3, -0.25) is 0 Å². The minimum atomic E-state index is -4.33. The Morgan fingerprint density at radius 1 is 0.871 bits per heavy atom. The van der Waals surface area contributed by atoms with Gasteiger partial charge in [-0.25, -0.2) is 4.57 Å². The smallest absolute Gasteiger partial charge is 0.416 e. The van der Waals surface area contributed by atoms with Crippen LogP contribution in [-0.2, 0) is 19.3 Å². The lowest BCUT2D eigenvalue weighted by Crippen LogP contribution is -3.00. The van der Waals surface area contributed by atoms with Crippen LogP contribution in [0.1, 0.15) is 28.1 Å². The Kier molecular flexibility index (Phi) is 6.74. The van der Waals surface area contributed by atoms with Crippen molar-refractivity contribution in [1.29, 1.82) is 0 Å². The second-order valence-corrected chi connectivity index (χ2v) is 7.29. The number of alkyl halides is 3. The average molecular weight is 491 g/mol. The predicted octanol–water partition coefficient (Wildman–Crippen LogP) is 2.49. The Labute approximate surface area is 189 Å². The number of rotatable bonds is 5. The highest BCUT2D eigenvalue weighted by Crippen LogP contribution is 2.29. The summed E-state index contributed by atoms with van der Waals surface area (Å²) in [4.78, 5) is 0. The number of pyridine rings is 1. The first-order valence-corrected chi connectivity index (χ1v) is 9.67. The number of hydrogen-bond donors (Lipinski definition) is 0. The summed E-state index contributed by atoms with van der Waals surface area (Å²) in [5.74, 6) is 0.726. The van der Waals surface area contributed by atoms with Gasteiger partial charge in [0, 0.05) is 13.8 Å². The Bertz CT molecular complexity index is 1170. The van der Waals surface area contributed by atoms with Gasteiger partial charge in [-0.2, -0.15) is 17.6 Å². The lowest BCUT2D eigenvalue weighted by molar-refractivity contribution is -0.519. The van der Waals surface area contributed by atoms with Crippen LogP contribution in [-0.4, -0.2) is 4.57 Å². The van der Waals surface area contributed by atoms with Crippen LogP contribution in [0.5, 0.6) is 5.75 Å². The van der Waals surface area contributed by atoms with E-state index in [4.69, 9.17) is 4.74 Å². The molecule has 7 heteroatoms. The van der Waals surface area contributed by atoms with E-state index >= 15 is 0 Å². The van der Waals surface area contributed by atoms with E-state index in [2.05, 4.69) is 8.97 Å². The lowest BCUT2D eigenvalue weighted by Gasteiger charge is -2.09. The Balaban J connectivity index is 0.00000272. The SMILES string of the molecule is Cc1c(C)[n+]2cccc(OCc3ccccc3)c2n1Cc1ccc(C(F)(F)F)cc1.[Br-]. The van der Waals surface area contributed by atoms with E-state index in [1.54, 1.807) is 0 Å². The molecule has 0 unspecified atom stereocenters. The third-order valence-corrected chi connectivity index (χ3v) is 5.34. The summed E-state index contributed by atoms with van der Waals surface area (Å²) >= 11 is 0. The van der Waals surface area contributed by atoms with Crippen LogP contribution >= 0.6 is 0 Å². The highest BCUT2D eigenvalue weighted by atomic mass is 79.9. The number of halogens is 4. The van der Waals surface area contributed by atoms with Crippen molar-refractivity contribution in [3.8, 4) is 5.75 Å². The molecule has 0 atom stereocenters. The summed E-state index contributed by atoms with van der Waals surface area (Å²) in [5, 5.41) is 0. The van der Waals surface area contributed by atoms with Gasteiger partial charge in [0.25, 0.3) is 0 Å². The van der Waals surface area contributed by atoms with E-state index in [0.717, 1.165) is 46.0 Å². The first kappa shape index (κ1) is 22.9. The second kappa shape index (κ2) is 9.14. The van der Waals surface area contributed by atoms with E-state index in [1.807, 2.05) is 62.5 Å². The van der Waals surface area contributed by atoms with Crippen LogP contribution in [0.3, 0.4) is 0 Å². The summed E-state index contributed by atoms with van der Waals surface area (Å²) in [5.41, 5.74) is 4.18. The molecule has 31 heavy (non-hydrogen) atoms. The zero-order valence-corrected chi connectivity index (χ0v) is 18.7. The number of benzene rings is 2. The van der Waals surface area contributed by atoms with Gasteiger partial charge < -0.3 is 21.7 Å². The molecule has 0 bridgehead atoms. The van der Waals surface area contributed by atoms with Crippen molar-refractivity contribution in [1.82, 2.24) is 4.57 Å². The Morgan fingerprint density at radius 2 is 1.55 bits per heavy atom. The molecular weight excluding hydrogens is 469 g/mol. The fraction of sp³-hybridized carbons (Fsp3) is 0.208. The molecule has 0 amide bonds. The topological polar surface area (TPSA) is 18.3 Å². The Morgan fingerprint density at radius 3 is 2.19 bits per heavy atom. The summed E-state index contributed by atoms with van der Waals surface area (Å²) < 4.78 is 48.9. The summed E-state index contributed by atoms with van der Waals surface area (Å²) in [6.07, 6.45) is -2.37. The van der Waals surface area contributed by atoms with Crippen LogP contribution in [0.4, 0.5) is 13.2 Å². The third kappa shape index (κ3) is 4.77. The fourth-order valence-corrected chi connectivity index (χ4v) is 3.57. The van der Waals surface area contributed by atoms with Gasteiger partial charge in [-0.15, -0.1) is 0 Å². The highest BCUT2D eigenvalue weighted by molar-refractivity contribution is 5.51. The van der Waals surface area contributed by atoms with Crippen molar-refractivity contribution in [3.05, 3.63) is 101 Å². The number of aromatic nitrogens is 2. The van der Waals surface area contributed by atoms with E-state index in [1.165, 1.54) is 12.1 Å². The minimum Gasteiger partial charge on any atom is -1.00 e. The maximum atomic E-state index is 12.9. The van der Waals surface area contributed by atoms with Crippen LogP contribution in [0.2, 0.25) is 0 Å². The number of aryl methyl sites for hydroxylation is 1. The van der Waals surface area contributed by atoms with Gasteiger partial charge in [0.2, 0.25) is 5.75 Å². The van der Waals surface area contributed by atoms with Gasteiger partial charge in [0.1, 0.15) is 24.5 Å². The zero-order chi connectivity index (χ0) is 21.3. The van der Waals surface area contributed by atoms with Gasteiger partial charge in [0.05, 0.1) is 11.8 Å². The average Bonchev–Trinajstić information content (AvgIpc) is 2.98. The largest absolute Gasteiger partial charge is 1.00 e. The molecule has 0 radical (unpaired) electrons. The predicted molar refractivity (Wildman–Crippen MR) is 108 cm³/mol. The van der Waals surface area contributed by atoms with Gasteiger partial charge in [0.15, 0.2) is 0 Å². The molecule has 3 nitrogen and oxygen atoms in total. The maximum absolute atomic E-state index is 12.9. The number of nitrogens with zero attached hydrogens (tertiary/aromatic N) is 2. The first-order valence-electron chi connectivity index (χ1n) is 9.67. The molecule has 0 N–H and O–H groups in total. The number of hydrogen-bond acceptors (Lipinski definition) is 1. The second-order valence-electron chi connectivity index (χ2n) is 7.29. The van der Waals surface area contributed by atoms with E-state index < -0.39 is 11.7 Å². The number of ether oxygens (including phenoxy) is 1. The normalized spacial score (nSPS) is 11.4. The van der Waals surface area contributed by atoms with Crippen molar-refractivity contribution in [2.24, 2.45) is 0 Å². The van der Waals surface area contributed by atoms with Crippen molar-refractivity contribution >= 4 is 5.65 Å². The molecule has 4 rings (SSSR count). The minimum absolute atomic E-state index is 0. The van der Waals surface area contributed by atoms with E-state index in [9.17, 15) is 13.2 Å². The molecule has 0 fully saturated rings. The van der Waals surface area contributed by atoms with Crippen molar-refractivity contribution in [3.63, 3.8) is 0 Å². The molecule has 2 aromatic heterocycles. The molecule has 4 aromatic rings.